The lowest BCUT2D eigenvalue weighted by atomic mass is 9.86. The lowest BCUT2D eigenvalue weighted by molar-refractivity contribution is 0.589. The fourth-order valence-electron chi connectivity index (χ4n) is 3.51. The van der Waals surface area contributed by atoms with E-state index in [1.807, 2.05) is 17.5 Å². The Balaban J connectivity index is 1.96. The van der Waals surface area contributed by atoms with Crippen LogP contribution in [-0.4, -0.2) is 4.98 Å². The SMILES string of the molecule is CC(C)(C)c1ccnc(-c2cccc3c2sc2ccc(C(C)(C)C)cc23)c1. The molecule has 0 radical (unpaired) electrons. The van der Waals surface area contributed by atoms with Gasteiger partial charge in [0.1, 0.15) is 0 Å². The first-order valence-electron chi connectivity index (χ1n) is 9.57. The zero-order valence-corrected chi connectivity index (χ0v) is 17.9. The summed E-state index contributed by atoms with van der Waals surface area (Å²) in [4.78, 5) is 4.71. The van der Waals surface area contributed by atoms with Crippen molar-refractivity contribution in [3.8, 4) is 11.3 Å². The quantitative estimate of drug-likeness (QED) is 0.333. The van der Waals surface area contributed by atoms with Crippen LogP contribution in [0.4, 0.5) is 0 Å². The van der Waals surface area contributed by atoms with Crippen molar-refractivity contribution in [2.45, 2.75) is 52.4 Å². The normalized spacial score (nSPS) is 12.8. The van der Waals surface area contributed by atoms with Crippen LogP contribution in [0, 0.1) is 0 Å². The van der Waals surface area contributed by atoms with Gasteiger partial charge < -0.3 is 0 Å². The van der Waals surface area contributed by atoms with Crippen LogP contribution in [0.25, 0.3) is 31.4 Å². The van der Waals surface area contributed by atoms with E-state index in [-0.39, 0.29) is 10.8 Å². The predicted octanol–water partition coefficient (Wildman–Crippen LogP) is 7.71. The maximum absolute atomic E-state index is 4.71. The fourth-order valence-corrected chi connectivity index (χ4v) is 4.72. The van der Waals surface area contributed by atoms with Crippen molar-refractivity contribution >= 4 is 31.5 Å². The molecule has 27 heavy (non-hydrogen) atoms. The third-order valence-corrected chi connectivity index (χ3v) is 6.48. The monoisotopic (exact) mass is 373 g/mol. The fraction of sp³-hybridized carbons (Fsp3) is 0.320. The molecule has 4 rings (SSSR count). The number of hydrogen-bond donors (Lipinski definition) is 0. The molecule has 2 heteroatoms. The Morgan fingerprint density at radius 2 is 1.44 bits per heavy atom. The van der Waals surface area contributed by atoms with E-state index in [2.05, 4.69) is 90.1 Å². The molecular weight excluding hydrogens is 346 g/mol. The summed E-state index contributed by atoms with van der Waals surface area (Å²) >= 11 is 1.88. The number of pyridine rings is 1. The topological polar surface area (TPSA) is 12.9 Å². The Morgan fingerprint density at radius 1 is 0.741 bits per heavy atom. The molecule has 0 aliphatic carbocycles. The Bertz CT molecular complexity index is 1140. The Morgan fingerprint density at radius 3 is 2.15 bits per heavy atom. The van der Waals surface area contributed by atoms with Gasteiger partial charge in [0.25, 0.3) is 0 Å². The van der Waals surface area contributed by atoms with E-state index in [0.29, 0.717) is 0 Å². The largest absolute Gasteiger partial charge is 0.256 e. The van der Waals surface area contributed by atoms with E-state index in [4.69, 9.17) is 4.98 Å². The third-order valence-electron chi connectivity index (χ3n) is 5.26. The Labute approximate surface area is 166 Å². The highest BCUT2D eigenvalue weighted by Crippen LogP contribution is 2.41. The molecule has 0 aliphatic heterocycles. The number of hydrogen-bond acceptors (Lipinski definition) is 2. The van der Waals surface area contributed by atoms with E-state index >= 15 is 0 Å². The molecule has 0 unspecified atom stereocenters. The van der Waals surface area contributed by atoms with Crippen molar-refractivity contribution in [1.82, 2.24) is 4.98 Å². The molecule has 0 bridgehead atoms. The molecular formula is C25H27NS. The smallest absolute Gasteiger partial charge is 0.0719 e. The van der Waals surface area contributed by atoms with Crippen molar-refractivity contribution in [3.63, 3.8) is 0 Å². The summed E-state index contributed by atoms with van der Waals surface area (Å²) < 4.78 is 2.68. The highest BCUT2D eigenvalue weighted by atomic mass is 32.1. The molecule has 0 spiro atoms. The van der Waals surface area contributed by atoms with E-state index in [9.17, 15) is 0 Å². The Kier molecular flexibility index (Phi) is 4.16. The van der Waals surface area contributed by atoms with Crippen LogP contribution in [0.3, 0.4) is 0 Å². The van der Waals surface area contributed by atoms with Crippen LogP contribution in [-0.2, 0) is 10.8 Å². The molecule has 138 valence electrons. The number of benzene rings is 2. The zero-order valence-electron chi connectivity index (χ0n) is 17.1. The van der Waals surface area contributed by atoms with Crippen molar-refractivity contribution in [2.24, 2.45) is 0 Å². The zero-order chi connectivity index (χ0) is 19.4. The molecule has 1 nitrogen and oxygen atoms in total. The summed E-state index contributed by atoms with van der Waals surface area (Å²) in [7, 11) is 0. The van der Waals surface area contributed by atoms with Gasteiger partial charge in [-0.15, -0.1) is 11.3 Å². The molecule has 0 N–H and O–H groups in total. The molecule has 2 aromatic carbocycles. The van der Waals surface area contributed by atoms with Gasteiger partial charge >= 0.3 is 0 Å². The first-order chi connectivity index (χ1) is 12.6. The number of rotatable bonds is 1. The molecule has 0 atom stereocenters. The van der Waals surface area contributed by atoms with Gasteiger partial charge in [-0.3, -0.25) is 4.98 Å². The average molecular weight is 374 g/mol. The minimum atomic E-state index is 0.118. The van der Waals surface area contributed by atoms with Crippen molar-refractivity contribution < 1.29 is 0 Å². The average Bonchev–Trinajstić information content (AvgIpc) is 2.98. The van der Waals surface area contributed by atoms with Gasteiger partial charge in [0.05, 0.1) is 5.69 Å². The summed E-state index contributed by atoms with van der Waals surface area (Å²) in [6, 6.07) is 17.9. The maximum atomic E-state index is 4.71. The van der Waals surface area contributed by atoms with Crippen molar-refractivity contribution in [3.05, 3.63) is 65.9 Å². The lowest BCUT2D eigenvalue weighted by Crippen LogP contribution is -2.11. The van der Waals surface area contributed by atoms with E-state index < -0.39 is 0 Å². The molecule has 0 amide bonds. The van der Waals surface area contributed by atoms with E-state index in [1.54, 1.807) is 0 Å². The van der Waals surface area contributed by atoms with Crippen LogP contribution >= 0.6 is 11.3 Å². The summed E-state index contributed by atoms with van der Waals surface area (Å²) in [6.07, 6.45) is 1.94. The summed E-state index contributed by atoms with van der Waals surface area (Å²) in [5.74, 6) is 0. The van der Waals surface area contributed by atoms with E-state index in [1.165, 1.54) is 36.9 Å². The van der Waals surface area contributed by atoms with Crippen LogP contribution in [0.5, 0.6) is 0 Å². The van der Waals surface area contributed by atoms with Gasteiger partial charge in [-0.1, -0.05) is 65.8 Å². The minimum Gasteiger partial charge on any atom is -0.256 e. The first kappa shape index (κ1) is 18.2. The third kappa shape index (κ3) is 3.27. The lowest BCUT2D eigenvalue weighted by Gasteiger charge is -2.19. The van der Waals surface area contributed by atoms with Gasteiger partial charge in [-0.25, -0.2) is 0 Å². The number of nitrogens with zero attached hydrogens (tertiary/aromatic N) is 1. The Hall–Kier alpha value is -2.19. The summed E-state index contributed by atoms with van der Waals surface area (Å²) in [5, 5.41) is 2.69. The van der Waals surface area contributed by atoms with Crippen molar-refractivity contribution in [2.75, 3.05) is 0 Å². The second-order valence-electron chi connectivity index (χ2n) is 9.43. The highest BCUT2D eigenvalue weighted by Gasteiger charge is 2.18. The molecule has 0 aliphatic rings. The predicted molar refractivity (Wildman–Crippen MR) is 120 cm³/mol. The second kappa shape index (κ2) is 6.17. The standard InChI is InChI=1S/C25H27NS/c1-24(2,3)16-10-11-22-20(14-16)18-8-7-9-19(23(18)27-22)21-15-17(12-13-26-21)25(4,5)6/h7-15H,1-6H3. The van der Waals surface area contributed by atoms with E-state index in [0.717, 1.165) is 5.69 Å². The number of thiophene rings is 1. The molecule has 4 aromatic rings. The van der Waals surface area contributed by atoms with Gasteiger partial charge in [-0.2, -0.15) is 0 Å². The molecule has 0 saturated heterocycles. The molecule has 2 heterocycles. The summed E-state index contributed by atoms with van der Waals surface area (Å²) in [5.41, 5.74) is 5.28. The highest BCUT2D eigenvalue weighted by molar-refractivity contribution is 7.26. The van der Waals surface area contributed by atoms with Crippen molar-refractivity contribution in [1.29, 1.82) is 0 Å². The molecule has 2 aromatic heterocycles. The van der Waals surface area contributed by atoms with Crippen LogP contribution in [0.2, 0.25) is 0 Å². The number of fused-ring (bicyclic) bond motifs is 3. The van der Waals surface area contributed by atoms with Gasteiger partial charge in [0.15, 0.2) is 0 Å². The summed E-state index contributed by atoms with van der Waals surface area (Å²) in [6.45, 7) is 13.6. The van der Waals surface area contributed by atoms with Gasteiger partial charge in [0.2, 0.25) is 0 Å². The van der Waals surface area contributed by atoms with Gasteiger partial charge in [0, 0.05) is 31.9 Å². The van der Waals surface area contributed by atoms with Crippen LogP contribution < -0.4 is 0 Å². The number of aromatic nitrogens is 1. The maximum Gasteiger partial charge on any atom is 0.0719 e. The van der Waals surface area contributed by atoms with Gasteiger partial charge in [-0.05, 0) is 46.2 Å². The molecule has 0 saturated carbocycles. The van der Waals surface area contributed by atoms with Crippen LogP contribution in [0.15, 0.2) is 54.7 Å². The first-order valence-corrected chi connectivity index (χ1v) is 10.4. The van der Waals surface area contributed by atoms with Crippen LogP contribution in [0.1, 0.15) is 52.7 Å². The molecule has 0 fully saturated rings. The minimum absolute atomic E-state index is 0.118. The second-order valence-corrected chi connectivity index (χ2v) is 10.5.